The molecule has 0 radical (unpaired) electrons. The summed E-state index contributed by atoms with van der Waals surface area (Å²) in [5.41, 5.74) is 6.84. The van der Waals surface area contributed by atoms with Gasteiger partial charge in [0.1, 0.15) is 29.6 Å². The van der Waals surface area contributed by atoms with Gasteiger partial charge in [0.05, 0.1) is 12.6 Å². The van der Waals surface area contributed by atoms with Crippen LogP contribution in [0.5, 0.6) is 11.5 Å². The summed E-state index contributed by atoms with van der Waals surface area (Å²) in [4.78, 5) is 49.9. The zero-order valence-corrected chi connectivity index (χ0v) is 20.6. The average molecular weight is 535 g/mol. The van der Waals surface area contributed by atoms with Crippen molar-refractivity contribution in [2.45, 2.75) is 37.0 Å². The molecule has 0 aliphatic rings. The number of carboxylic acid groups (broad SMARTS) is 1. The number of phenolic OH excluding ortho intramolecular Hbond substituents is 2. The lowest BCUT2D eigenvalue weighted by molar-refractivity contribution is -0.143. The summed E-state index contributed by atoms with van der Waals surface area (Å²) in [6.07, 6.45) is -0.106. The molecule has 2 aromatic rings. The van der Waals surface area contributed by atoms with Crippen LogP contribution in [-0.4, -0.2) is 80.6 Å². The second kappa shape index (κ2) is 14.1. The second-order valence-electron chi connectivity index (χ2n) is 8.23. The maximum Gasteiger partial charge on any atom is 0.328 e. The zero-order valence-electron chi connectivity index (χ0n) is 19.7. The number of aromatic hydroxyl groups is 2. The van der Waals surface area contributed by atoms with Gasteiger partial charge >= 0.3 is 5.97 Å². The van der Waals surface area contributed by atoms with E-state index in [4.69, 9.17) is 5.73 Å². The first-order chi connectivity index (χ1) is 17.5. The van der Waals surface area contributed by atoms with Crippen molar-refractivity contribution >= 4 is 36.3 Å². The summed E-state index contributed by atoms with van der Waals surface area (Å²) in [5.74, 6) is -3.76. The van der Waals surface area contributed by atoms with E-state index in [0.29, 0.717) is 11.1 Å². The van der Waals surface area contributed by atoms with Gasteiger partial charge in [0, 0.05) is 18.6 Å². The SMILES string of the molecule is NC(CS)C(=O)NC(Cc1ccc(O)cc1)C(=O)NC(Cc1ccc(O)cc1)C(=O)NC(CO)C(=O)O. The molecule has 200 valence electrons. The summed E-state index contributed by atoms with van der Waals surface area (Å²) >= 11 is 3.99. The van der Waals surface area contributed by atoms with Crippen LogP contribution in [0.2, 0.25) is 0 Å². The van der Waals surface area contributed by atoms with Crippen molar-refractivity contribution < 1.29 is 39.6 Å². The lowest BCUT2D eigenvalue weighted by Crippen LogP contribution is -2.58. The van der Waals surface area contributed by atoms with E-state index in [-0.39, 0.29) is 30.1 Å². The van der Waals surface area contributed by atoms with E-state index >= 15 is 0 Å². The van der Waals surface area contributed by atoms with Crippen LogP contribution in [0.25, 0.3) is 0 Å². The third-order valence-corrected chi connectivity index (χ3v) is 5.74. The van der Waals surface area contributed by atoms with Gasteiger partial charge in [0.25, 0.3) is 0 Å². The fraction of sp³-hybridized carbons (Fsp3) is 0.333. The maximum atomic E-state index is 13.3. The number of carbonyl (C=O) groups is 4. The van der Waals surface area contributed by atoms with Crippen molar-refractivity contribution in [2.24, 2.45) is 5.73 Å². The third kappa shape index (κ3) is 9.29. The number of aliphatic carboxylic acids is 1. The van der Waals surface area contributed by atoms with Crippen LogP contribution in [0.4, 0.5) is 0 Å². The molecule has 0 fully saturated rings. The molecule has 0 aromatic heterocycles. The molecule has 0 bridgehead atoms. The molecule has 0 saturated carbocycles. The topological polar surface area (TPSA) is 211 Å². The number of nitrogens with one attached hydrogen (secondary N) is 3. The normalized spacial score (nSPS) is 14.0. The van der Waals surface area contributed by atoms with Crippen molar-refractivity contribution in [3.8, 4) is 11.5 Å². The van der Waals surface area contributed by atoms with Gasteiger partial charge in [-0.25, -0.2) is 4.79 Å². The number of carboxylic acids is 1. The number of benzene rings is 2. The molecule has 4 atom stereocenters. The lowest BCUT2D eigenvalue weighted by atomic mass is 10.0. The number of phenols is 2. The maximum absolute atomic E-state index is 13.3. The predicted molar refractivity (Wildman–Crippen MR) is 136 cm³/mol. The Kier molecular flexibility index (Phi) is 11.2. The number of aliphatic hydroxyl groups is 1. The number of carbonyl (C=O) groups excluding carboxylic acids is 3. The first-order valence-corrected chi connectivity index (χ1v) is 11.8. The Morgan fingerprint density at radius 1 is 0.730 bits per heavy atom. The van der Waals surface area contributed by atoms with Gasteiger partial charge in [0.15, 0.2) is 0 Å². The fourth-order valence-corrected chi connectivity index (χ4v) is 3.41. The minimum atomic E-state index is -1.60. The number of hydrogen-bond donors (Lipinski definition) is 9. The quantitative estimate of drug-likeness (QED) is 0.139. The van der Waals surface area contributed by atoms with E-state index in [1.807, 2.05) is 0 Å². The minimum absolute atomic E-state index is 0.00776. The van der Waals surface area contributed by atoms with Crippen LogP contribution < -0.4 is 21.7 Å². The van der Waals surface area contributed by atoms with Gasteiger partial charge in [-0.1, -0.05) is 24.3 Å². The Balaban J connectivity index is 2.31. The molecule has 13 heteroatoms. The molecule has 0 aliphatic heterocycles. The number of rotatable bonds is 13. The van der Waals surface area contributed by atoms with Crippen molar-refractivity contribution in [2.75, 3.05) is 12.4 Å². The van der Waals surface area contributed by atoms with E-state index in [9.17, 15) is 39.6 Å². The summed E-state index contributed by atoms with van der Waals surface area (Å²) in [6, 6.07) is 6.63. The molecule has 3 amide bonds. The van der Waals surface area contributed by atoms with Gasteiger partial charge in [0.2, 0.25) is 17.7 Å². The van der Waals surface area contributed by atoms with Crippen LogP contribution in [-0.2, 0) is 32.0 Å². The summed E-state index contributed by atoms with van der Waals surface area (Å²) in [5, 5.41) is 44.7. The van der Waals surface area contributed by atoms with Gasteiger partial charge in [-0.2, -0.15) is 12.6 Å². The molecule has 9 N–H and O–H groups in total. The first-order valence-electron chi connectivity index (χ1n) is 11.2. The first kappa shape index (κ1) is 29.4. The van der Waals surface area contributed by atoms with Crippen molar-refractivity contribution in [1.29, 1.82) is 0 Å². The molecule has 2 rings (SSSR count). The van der Waals surface area contributed by atoms with Crippen LogP contribution >= 0.6 is 12.6 Å². The van der Waals surface area contributed by atoms with Crippen LogP contribution in [0.3, 0.4) is 0 Å². The Labute approximate surface area is 218 Å². The van der Waals surface area contributed by atoms with Crippen molar-refractivity contribution in [3.05, 3.63) is 59.7 Å². The van der Waals surface area contributed by atoms with E-state index in [0.717, 1.165) is 0 Å². The highest BCUT2D eigenvalue weighted by Gasteiger charge is 2.30. The van der Waals surface area contributed by atoms with Gasteiger partial charge in [-0.05, 0) is 35.4 Å². The van der Waals surface area contributed by atoms with Crippen LogP contribution in [0, 0.1) is 0 Å². The number of thiol groups is 1. The average Bonchev–Trinajstić information content (AvgIpc) is 2.87. The number of aliphatic hydroxyl groups excluding tert-OH is 1. The number of nitrogens with two attached hydrogens (primary N) is 1. The molecular weight excluding hydrogens is 504 g/mol. The summed E-state index contributed by atoms with van der Waals surface area (Å²) in [7, 11) is 0. The number of hydrogen-bond acceptors (Lipinski definition) is 9. The Hall–Kier alpha value is -3.81. The summed E-state index contributed by atoms with van der Waals surface area (Å²) in [6.45, 7) is -0.873. The smallest absolute Gasteiger partial charge is 0.328 e. The molecular formula is C24H30N4O8S. The fourth-order valence-electron chi connectivity index (χ4n) is 3.25. The van der Waals surface area contributed by atoms with E-state index in [1.54, 1.807) is 12.1 Å². The summed E-state index contributed by atoms with van der Waals surface area (Å²) < 4.78 is 0. The zero-order chi connectivity index (χ0) is 27.5. The van der Waals surface area contributed by atoms with Gasteiger partial charge in [-0.15, -0.1) is 0 Å². The molecule has 0 saturated heterocycles. The van der Waals surface area contributed by atoms with Crippen LogP contribution in [0.1, 0.15) is 11.1 Å². The predicted octanol–water partition coefficient (Wildman–Crippen LogP) is -1.33. The molecule has 12 nitrogen and oxygen atoms in total. The van der Waals surface area contributed by atoms with Crippen molar-refractivity contribution in [1.82, 2.24) is 16.0 Å². The largest absolute Gasteiger partial charge is 0.508 e. The van der Waals surface area contributed by atoms with Gasteiger partial charge in [-0.3, -0.25) is 14.4 Å². The monoisotopic (exact) mass is 534 g/mol. The van der Waals surface area contributed by atoms with E-state index < -0.39 is 54.5 Å². The molecule has 0 heterocycles. The van der Waals surface area contributed by atoms with E-state index in [1.165, 1.54) is 36.4 Å². The molecule has 0 aliphatic carbocycles. The molecule has 37 heavy (non-hydrogen) atoms. The highest BCUT2D eigenvalue weighted by Crippen LogP contribution is 2.14. The Morgan fingerprint density at radius 2 is 1.11 bits per heavy atom. The Bertz CT molecular complexity index is 1080. The highest BCUT2D eigenvalue weighted by atomic mass is 32.1. The minimum Gasteiger partial charge on any atom is -0.508 e. The van der Waals surface area contributed by atoms with E-state index in [2.05, 4.69) is 28.6 Å². The second-order valence-corrected chi connectivity index (χ2v) is 8.60. The Morgan fingerprint density at radius 3 is 1.46 bits per heavy atom. The lowest BCUT2D eigenvalue weighted by Gasteiger charge is -2.25. The molecule has 0 spiro atoms. The third-order valence-electron chi connectivity index (χ3n) is 5.35. The van der Waals surface area contributed by atoms with Gasteiger partial charge < -0.3 is 42.1 Å². The molecule has 2 aromatic carbocycles. The highest BCUT2D eigenvalue weighted by molar-refractivity contribution is 7.80. The van der Waals surface area contributed by atoms with Crippen molar-refractivity contribution in [3.63, 3.8) is 0 Å². The van der Waals surface area contributed by atoms with Crippen LogP contribution in [0.15, 0.2) is 48.5 Å². The molecule has 4 unspecified atom stereocenters. The number of amides is 3. The standard InChI is InChI=1S/C24H30N4O8S/c25-17(12-37)21(32)26-18(9-13-1-5-15(30)6-2-13)22(33)27-19(10-14-3-7-16(31)8-4-14)23(34)28-20(11-29)24(35)36/h1-8,17-20,29-31,37H,9-12,25H2,(H,26,32)(H,27,33)(H,28,34)(H,35,36).